The topological polar surface area (TPSA) is 81.1 Å². The van der Waals surface area contributed by atoms with Gasteiger partial charge in [-0.15, -0.1) is 0 Å². The van der Waals surface area contributed by atoms with Gasteiger partial charge in [-0.1, -0.05) is 60.7 Å². The Morgan fingerprint density at radius 3 is 1.33 bits per heavy atom. The molecule has 0 saturated carbocycles. The molecule has 94 valence electrons. The summed E-state index contributed by atoms with van der Waals surface area (Å²) in [6.07, 6.45) is 0. The van der Waals surface area contributed by atoms with Crippen LogP contribution < -0.4 is 17.5 Å². The fraction of sp³-hybridized carbons (Fsp3) is 0.143. The SMILES string of the molecule is NN.NN1[C@H](c2ccccc2)[C@H]1c1ccccc1. The second-order valence-corrected chi connectivity index (χ2v) is 4.16. The molecular formula is C14H18N4. The third-order valence-electron chi connectivity index (χ3n) is 3.13. The summed E-state index contributed by atoms with van der Waals surface area (Å²) in [6, 6.07) is 21.5. The van der Waals surface area contributed by atoms with E-state index in [1.54, 1.807) is 0 Å². The molecule has 2 aromatic carbocycles. The van der Waals surface area contributed by atoms with Crippen molar-refractivity contribution in [3.63, 3.8) is 0 Å². The predicted molar refractivity (Wildman–Crippen MR) is 72.8 cm³/mol. The Morgan fingerprint density at radius 2 is 1.00 bits per heavy atom. The lowest BCUT2D eigenvalue weighted by Gasteiger charge is -1.97. The molecule has 1 saturated heterocycles. The molecule has 3 rings (SSSR count). The molecule has 2 aromatic rings. The summed E-state index contributed by atoms with van der Waals surface area (Å²) in [6.45, 7) is 0. The molecule has 0 aromatic heterocycles. The molecule has 0 radical (unpaired) electrons. The van der Waals surface area contributed by atoms with Gasteiger partial charge in [0, 0.05) is 0 Å². The van der Waals surface area contributed by atoms with Gasteiger partial charge in [-0.3, -0.25) is 17.5 Å². The van der Waals surface area contributed by atoms with Gasteiger partial charge in [-0.2, -0.15) is 0 Å². The van der Waals surface area contributed by atoms with Crippen LogP contribution in [0.3, 0.4) is 0 Å². The normalized spacial score (nSPS) is 24.9. The van der Waals surface area contributed by atoms with E-state index in [2.05, 4.69) is 60.2 Å². The van der Waals surface area contributed by atoms with Crippen LogP contribution in [0, 0.1) is 0 Å². The van der Waals surface area contributed by atoms with Crippen LogP contribution in [-0.2, 0) is 0 Å². The van der Waals surface area contributed by atoms with Gasteiger partial charge in [0.25, 0.3) is 0 Å². The van der Waals surface area contributed by atoms with E-state index in [1.807, 2.05) is 17.1 Å². The van der Waals surface area contributed by atoms with Crippen LogP contribution in [0.2, 0.25) is 0 Å². The summed E-state index contributed by atoms with van der Waals surface area (Å²) < 4.78 is 0. The molecular weight excluding hydrogens is 224 g/mol. The maximum absolute atomic E-state index is 6.01. The number of benzene rings is 2. The highest BCUT2D eigenvalue weighted by atomic mass is 15.6. The molecule has 2 atom stereocenters. The first-order valence-electron chi connectivity index (χ1n) is 5.84. The van der Waals surface area contributed by atoms with E-state index in [0.717, 1.165) is 0 Å². The van der Waals surface area contributed by atoms with Crippen molar-refractivity contribution in [2.24, 2.45) is 17.5 Å². The zero-order valence-corrected chi connectivity index (χ0v) is 10.1. The van der Waals surface area contributed by atoms with Gasteiger partial charge < -0.3 is 0 Å². The van der Waals surface area contributed by atoms with Gasteiger partial charge in [0.1, 0.15) is 0 Å². The average Bonchev–Trinajstić information content (AvgIpc) is 3.14. The van der Waals surface area contributed by atoms with Crippen LogP contribution in [0.15, 0.2) is 60.7 Å². The summed E-state index contributed by atoms with van der Waals surface area (Å²) >= 11 is 0. The van der Waals surface area contributed by atoms with Gasteiger partial charge in [-0.05, 0) is 11.1 Å². The number of nitrogens with zero attached hydrogens (tertiary/aromatic N) is 1. The first-order valence-corrected chi connectivity index (χ1v) is 5.84. The molecule has 0 bridgehead atoms. The minimum absolute atomic E-state index is 0.337. The summed E-state index contributed by atoms with van der Waals surface area (Å²) in [5.74, 6) is 14.0. The molecule has 1 aliphatic heterocycles. The molecule has 4 heteroatoms. The lowest BCUT2D eigenvalue weighted by Crippen LogP contribution is -2.07. The fourth-order valence-electron chi connectivity index (χ4n) is 2.26. The zero-order valence-electron chi connectivity index (χ0n) is 10.1. The molecule has 4 nitrogen and oxygen atoms in total. The number of hydrazine groups is 2. The average molecular weight is 242 g/mol. The third kappa shape index (κ3) is 2.42. The largest absolute Gasteiger partial charge is 0.274 e. The van der Waals surface area contributed by atoms with Crippen molar-refractivity contribution in [1.82, 2.24) is 5.01 Å². The standard InChI is InChI=1S/C14H14N2.H4N2/c15-16-13(11-7-3-1-4-8-11)14(16)12-9-5-2-6-10-12;1-2/h1-10,13-14H,15H2;1-2H2/t13-,14-;/m1./s1. The quantitative estimate of drug-likeness (QED) is 0.423. The Labute approximate surface area is 107 Å². The van der Waals surface area contributed by atoms with E-state index in [4.69, 9.17) is 5.84 Å². The Morgan fingerprint density at radius 1 is 0.667 bits per heavy atom. The van der Waals surface area contributed by atoms with Gasteiger partial charge in [-0.25, -0.2) is 5.01 Å². The first kappa shape index (κ1) is 12.7. The van der Waals surface area contributed by atoms with Crippen molar-refractivity contribution in [1.29, 1.82) is 0 Å². The molecule has 1 heterocycles. The molecule has 1 aliphatic rings. The monoisotopic (exact) mass is 242 g/mol. The lowest BCUT2D eigenvalue weighted by molar-refractivity contribution is 0.516. The highest BCUT2D eigenvalue weighted by Crippen LogP contribution is 2.51. The summed E-state index contributed by atoms with van der Waals surface area (Å²) in [5, 5.41) is 1.91. The molecule has 0 amide bonds. The lowest BCUT2D eigenvalue weighted by atomic mass is 10.0. The van der Waals surface area contributed by atoms with E-state index in [0.29, 0.717) is 12.1 Å². The van der Waals surface area contributed by atoms with Crippen molar-refractivity contribution in [3.05, 3.63) is 71.8 Å². The second-order valence-electron chi connectivity index (χ2n) is 4.16. The van der Waals surface area contributed by atoms with Crippen molar-refractivity contribution < 1.29 is 0 Å². The molecule has 18 heavy (non-hydrogen) atoms. The van der Waals surface area contributed by atoms with Crippen LogP contribution in [0.1, 0.15) is 23.2 Å². The number of rotatable bonds is 2. The highest BCUT2D eigenvalue weighted by Gasteiger charge is 2.47. The van der Waals surface area contributed by atoms with Gasteiger partial charge in [0.15, 0.2) is 0 Å². The minimum atomic E-state index is 0.337. The Kier molecular flexibility index (Phi) is 4.07. The Bertz CT molecular complexity index is 426. The van der Waals surface area contributed by atoms with Crippen LogP contribution in [0.4, 0.5) is 0 Å². The van der Waals surface area contributed by atoms with Crippen molar-refractivity contribution >= 4 is 0 Å². The second kappa shape index (κ2) is 5.75. The van der Waals surface area contributed by atoms with Crippen LogP contribution >= 0.6 is 0 Å². The predicted octanol–water partition coefficient (Wildman–Crippen LogP) is 1.48. The maximum atomic E-state index is 6.01. The molecule has 1 fully saturated rings. The number of nitrogens with two attached hydrogens (primary N) is 3. The fourth-order valence-corrected chi connectivity index (χ4v) is 2.26. The molecule has 0 unspecified atom stereocenters. The van der Waals surface area contributed by atoms with Crippen LogP contribution in [-0.4, -0.2) is 5.01 Å². The summed E-state index contributed by atoms with van der Waals surface area (Å²) in [7, 11) is 0. The summed E-state index contributed by atoms with van der Waals surface area (Å²) in [5.41, 5.74) is 2.58. The first-order chi connectivity index (χ1) is 8.88. The van der Waals surface area contributed by atoms with Gasteiger partial charge in [0.2, 0.25) is 0 Å². The zero-order chi connectivity index (χ0) is 13.0. The smallest absolute Gasteiger partial charge is 0.0709 e. The van der Waals surface area contributed by atoms with Crippen molar-refractivity contribution in [2.45, 2.75) is 12.1 Å². The Hall–Kier alpha value is -1.72. The number of hydrogen-bond acceptors (Lipinski definition) is 4. The van der Waals surface area contributed by atoms with E-state index in [1.165, 1.54) is 11.1 Å². The van der Waals surface area contributed by atoms with Gasteiger partial charge >= 0.3 is 0 Å². The van der Waals surface area contributed by atoms with E-state index in [9.17, 15) is 0 Å². The summed E-state index contributed by atoms with van der Waals surface area (Å²) in [4.78, 5) is 0. The van der Waals surface area contributed by atoms with Crippen LogP contribution in [0.25, 0.3) is 0 Å². The van der Waals surface area contributed by atoms with Crippen molar-refractivity contribution in [3.8, 4) is 0 Å². The van der Waals surface area contributed by atoms with Crippen molar-refractivity contribution in [2.75, 3.05) is 0 Å². The Balaban J connectivity index is 0.000000574. The van der Waals surface area contributed by atoms with Gasteiger partial charge in [0.05, 0.1) is 12.1 Å². The molecule has 6 N–H and O–H groups in total. The van der Waals surface area contributed by atoms with E-state index in [-0.39, 0.29) is 0 Å². The third-order valence-corrected chi connectivity index (χ3v) is 3.13. The van der Waals surface area contributed by atoms with E-state index < -0.39 is 0 Å². The molecule has 0 aliphatic carbocycles. The maximum Gasteiger partial charge on any atom is 0.0709 e. The molecule has 0 spiro atoms. The minimum Gasteiger partial charge on any atom is -0.274 e. The van der Waals surface area contributed by atoms with E-state index >= 15 is 0 Å². The van der Waals surface area contributed by atoms with Crippen LogP contribution in [0.5, 0.6) is 0 Å². The highest BCUT2D eigenvalue weighted by molar-refractivity contribution is 5.33. The number of hydrogen-bond donors (Lipinski definition) is 3.